The fourth-order valence-electron chi connectivity index (χ4n) is 4.13. The molecule has 206 valence electrons. The van der Waals surface area contributed by atoms with Gasteiger partial charge in [-0.2, -0.15) is 0 Å². The average molecular weight is 608 g/mol. The van der Waals surface area contributed by atoms with Crippen LogP contribution >= 0.6 is 0 Å². The van der Waals surface area contributed by atoms with E-state index in [0.29, 0.717) is 0 Å². The third kappa shape index (κ3) is 10.9. The van der Waals surface area contributed by atoms with E-state index in [9.17, 15) is 89.1 Å². The summed E-state index contributed by atoms with van der Waals surface area (Å²) in [4.78, 5) is 107. The Hall–Kier alpha value is -1.81. The average Bonchev–Trinajstić information content (AvgIpc) is 2.63. The summed E-state index contributed by atoms with van der Waals surface area (Å²) in [5.41, 5.74) is -11.8. The summed E-state index contributed by atoms with van der Waals surface area (Å²) in [7, 11) is 0. The predicted molar refractivity (Wildman–Crippen MR) is 106 cm³/mol. The molecular weight excluding hydrogens is 587 g/mol. The fraction of sp³-hybridized carbons (Fsp3) is 0.500. The second-order valence-corrected chi connectivity index (χ2v) is 7.77. The van der Waals surface area contributed by atoms with Crippen molar-refractivity contribution < 1.29 is 178 Å². The smallest absolute Gasteiger partial charge is 0.481 e. The molecule has 0 saturated heterocycles. The van der Waals surface area contributed by atoms with Crippen molar-refractivity contribution in [1.29, 1.82) is 0 Å². The molecule has 19 nitrogen and oxygen atoms in total. The zero-order valence-electron chi connectivity index (χ0n) is 21.4. The number of nitrogens with zero attached hydrogens (tertiary/aromatic N) is 1. The van der Waals surface area contributed by atoms with E-state index in [1.54, 1.807) is 0 Å². The van der Waals surface area contributed by atoms with Crippen molar-refractivity contribution in [3.63, 3.8) is 0 Å². The van der Waals surface area contributed by atoms with Crippen molar-refractivity contribution in [2.75, 3.05) is 0 Å². The van der Waals surface area contributed by atoms with Gasteiger partial charge in [0.25, 0.3) is 0 Å². The molecule has 0 radical (unpaired) electrons. The van der Waals surface area contributed by atoms with E-state index in [-0.39, 0.29) is 88.7 Å². The number of carboxylic acid groups (broad SMARTS) is 9. The van der Waals surface area contributed by atoms with Crippen molar-refractivity contribution in [2.45, 2.75) is 55.1 Å². The molecule has 0 bridgehead atoms. The molecule has 0 atom stereocenters. The normalized spacial score (nSPS) is 11.0. The van der Waals surface area contributed by atoms with Crippen LogP contribution in [0.15, 0.2) is 0 Å². The molecule has 0 aliphatic heterocycles. The SMILES string of the molecule is O=C(O)CC(CC(=O)O)(C(=O)O)N(C(CC(=O)O)(CC(=O)O)C(=O)O)C(CC(=O)O)(CC(=O)O)C(=O)O.[Na+].[Na+].[Na+]. The molecule has 0 aliphatic carbocycles. The zero-order valence-corrected chi connectivity index (χ0v) is 27.4. The predicted octanol–water partition coefficient (Wildman–Crippen LogP) is -11.4. The summed E-state index contributed by atoms with van der Waals surface area (Å²) in [5.74, 6) is -21.6. The molecule has 0 amide bonds. The molecule has 40 heavy (non-hydrogen) atoms. The molecule has 0 fully saturated rings. The summed E-state index contributed by atoms with van der Waals surface area (Å²) in [5, 5.41) is 86.0. The van der Waals surface area contributed by atoms with Gasteiger partial charge in [0.2, 0.25) is 0 Å². The summed E-state index contributed by atoms with van der Waals surface area (Å²) in [6, 6.07) is 0. The van der Waals surface area contributed by atoms with Crippen molar-refractivity contribution in [3.8, 4) is 0 Å². The van der Waals surface area contributed by atoms with Crippen LogP contribution in [0.25, 0.3) is 0 Å². The maximum atomic E-state index is 12.5. The Morgan fingerprint density at radius 2 is 0.475 bits per heavy atom. The Balaban J connectivity index is -0.00000216. The minimum atomic E-state index is -3.93. The summed E-state index contributed by atoms with van der Waals surface area (Å²) in [6.45, 7) is 0. The van der Waals surface area contributed by atoms with Gasteiger partial charge in [0, 0.05) is 0 Å². The molecule has 0 heterocycles. The van der Waals surface area contributed by atoms with Gasteiger partial charge in [-0.05, 0) is 0 Å². The summed E-state index contributed by atoms with van der Waals surface area (Å²) >= 11 is 0. The Labute approximate surface area is 289 Å². The quantitative estimate of drug-likeness (QED) is 0.0652. The number of hydrogen-bond donors (Lipinski definition) is 9. The molecule has 0 saturated carbocycles. The molecule has 0 rings (SSSR count). The molecule has 9 N–H and O–H groups in total. The second-order valence-electron chi connectivity index (χ2n) is 7.77. The maximum absolute atomic E-state index is 12.5. The van der Waals surface area contributed by atoms with Gasteiger partial charge < -0.3 is 46.0 Å². The molecule has 0 aromatic carbocycles. The van der Waals surface area contributed by atoms with Gasteiger partial charge in [0.15, 0.2) is 0 Å². The first-order valence-corrected chi connectivity index (χ1v) is 9.51. The van der Waals surface area contributed by atoms with E-state index in [1.165, 1.54) is 0 Å². The number of aliphatic carboxylic acids is 9. The third-order valence-electron chi connectivity index (χ3n) is 5.14. The van der Waals surface area contributed by atoms with Gasteiger partial charge in [-0.15, -0.1) is 0 Å². The largest absolute Gasteiger partial charge is 1.00 e. The van der Waals surface area contributed by atoms with Gasteiger partial charge in [-0.25, -0.2) is 0 Å². The summed E-state index contributed by atoms with van der Waals surface area (Å²) < 4.78 is 0. The van der Waals surface area contributed by atoms with Crippen LogP contribution in [-0.4, -0.2) is 121 Å². The van der Waals surface area contributed by atoms with Crippen molar-refractivity contribution in [2.24, 2.45) is 0 Å². The molecular formula is C18H21NNa3O18+3. The molecule has 0 aliphatic rings. The van der Waals surface area contributed by atoms with Crippen LogP contribution in [0.5, 0.6) is 0 Å². The van der Waals surface area contributed by atoms with E-state index >= 15 is 0 Å². The number of carbonyl (C=O) groups is 9. The maximum Gasteiger partial charge on any atom is 1.00 e. The number of carboxylic acids is 9. The van der Waals surface area contributed by atoms with Crippen LogP contribution in [0.2, 0.25) is 0 Å². The minimum Gasteiger partial charge on any atom is -0.481 e. The van der Waals surface area contributed by atoms with Crippen LogP contribution in [0.3, 0.4) is 0 Å². The number of hydrogen-bond acceptors (Lipinski definition) is 10. The van der Waals surface area contributed by atoms with Crippen molar-refractivity contribution in [1.82, 2.24) is 4.90 Å². The monoisotopic (exact) mass is 608 g/mol. The van der Waals surface area contributed by atoms with E-state index < -0.39 is 114 Å². The van der Waals surface area contributed by atoms with Crippen LogP contribution in [0, 0.1) is 0 Å². The summed E-state index contributed by atoms with van der Waals surface area (Å²) in [6.07, 6.45) is -12.4. The third-order valence-corrected chi connectivity index (χ3v) is 5.14. The zero-order chi connectivity index (χ0) is 29.5. The van der Waals surface area contributed by atoms with Gasteiger partial charge in [0.1, 0.15) is 16.6 Å². The molecule has 0 aromatic heterocycles. The first-order valence-electron chi connectivity index (χ1n) is 9.51. The van der Waals surface area contributed by atoms with E-state index in [1.807, 2.05) is 0 Å². The molecule has 0 unspecified atom stereocenters. The Morgan fingerprint density at radius 3 is 0.550 bits per heavy atom. The van der Waals surface area contributed by atoms with Crippen molar-refractivity contribution in [3.05, 3.63) is 0 Å². The Kier molecular flexibility index (Phi) is 20.2. The van der Waals surface area contributed by atoms with Crippen LogP contribution in [-0.2, 0) is 43.2 Å². The van der Waals surface area contributed by atoms with E-state index in [2.05, 4.69) is 0 Å². The van der Waals surface area contributed by atoms with E-state index in [0.717, 1.165) is 0 Å². The van der Waals surface area contributed by atoms with Gasteiger partial charge in [-0.1, -0.05) is 0 Å². The number of rotatable bonds is 18. The topological polar surface area (TPSA) is 339 Å². The first-order chi connectivity index (χ1) is 16.7. The van der Waals surface area contributed by atoms with Crippen molar-refractivity contribution >= 4 is 53.7 Å². The second kappa shape index (κ2) is 17.9. The van der Waals surface area contributed by atoms with Crippen LogP contribution < -0.4 is 88.7 Å². The van der Waals surface area contributed by atoms with Gasteiger partial charge >= 0.3 is 142 Å². The Morgan fingerprint density at radius 1 is 0.350 bits per heavy atom. The standard InChI is InChI=1S/C18H21NO18.3Na/c20-7(21)1-16(13(32)33,2-8(22)23)19(17(14(34)35,3-9(24)25)4-10(26)27)18(15(36)37,5-11(28)29)6-12(30)31;;;/h1-6H2,(H,20,21)(H,22,23)(H,24,25)(H,26,27)(H,28,29)(H,30,31)(H,32,33)(H,34,35)(H,36,37);;;/q;3*+1. The molecule has 0 spiro atoms. The molecule has 22 heteroatoms. The molecule has 0 aromatic rings. The van der Waals surface area contributed by atoms with Crippen LogP contribution in [0.4, 0.5) is 0 Å². The first kappa shape index (κ1) is 45.2. The van der Waals surface area contributed by atoms with Gasteiger partial charge in [-0.3, -0.25) is 48.1 Å². The van der Waals surface area contributed by atoms with Crippen LogP contribution in [0.1, 0.15) is 38.5 Å². The minimum absolute atomic E-state index is 0. The van der Waals surface area contributed by atoms with Gasteiger partial charge in [0.05, 0.1) is 38.5 Å². The fourth-order valence-corrected chi connectivity index (χ4v) is 4.13. The Bertz CT molecular complexity index is 867. The van der Waals surface area contributed by atoms with E-state index in [4.69, 9.17) is 0 Å².